The number of rotatable bonds is 3. The zero-order valence-corrected chi connectivity index (χ0v) is 15.8. The minimum atomic E-state index is -0.0974. The van der Waals surface area contributed by atoms with E-state index in [9.17, 15) is 4.79 Å². The molecule has 2 aromatic heterocycles. The van der Waals surface area contributed by atoms with E-state index in [1.165, 1.54) is 0 Å². The van der Waals surface area contributed by atoms with Gasteiger partial charge in [0.15, 0.2) is 0 Å². The molecule has 0 saturated carbocycles. The van der Waals surface area contributed by atoms with Gasteiger partial charge in [-0.1, -0.05) is 42.5 Å². The van der Waals surface area contributed by atoms with Gasteiger partial charge in [-0.25, -0.2) is 4.98 Å². The average molecular weight is 380 g/mol. The van der Waals surface area contributed by atoms with E-state index in [4.69, 9.17) is 0 Å². The average Bonchev–Trinajstić information content (AvgIpc) is 3.26. The number of nitrogens with zero attached hydrogens (tertiary/aromatic N) is 4. The van der Waals surface area contributed by atoms with Gasteiger partial charge in [-0.2, -0.15) is 0 Å². The topological polar surface area (TPSA) is 51.0 Å². The molecule has 0 spiro atoms. The normalized spacial score (nSPS) is 16.3. The number of hydrogen-bond donors (Lipinski definition) is 0. The molecule has 1 unspecified atom stereocenters. The van der Waals surface area contributed by atoms with Crippen LogP contribution in [0.1, 0.15) is 23.0 Å². The maximum Gasteiger partial charge on any atom is 0.247 e. The second-order valence-electron chi connectivity index (χ2n) is 7.09. The Kier molecular flexibility index (Phi) is 4.41. The van der Waals surface area contributed by atoms with Gasteiger partial charge in [-0.05, 0) is 35.9 Å². The van der Waals surface area contributed by atoms with Crippen molar-refractivity contribution in [3.8, 4) is 0 Å². The van der Waals surface area contributed by atoms with Crippen molar-refractivity contribution in [3.63, 3.8) is 0 Å². The van der Waals surface area contributed by atoms with Crippen LogP contribution in [0.3, 0.4) is 0 Å². The van der Waals surface area contributed by atoms with Crippen LogP contribution in [0.2, 0.25) is 0 Å². The van der Waals surface area contributed by atoms with Crippen LogP contribution < -0.4 is 0 Å². The maximum absolute atomic E-state index is 13.1. The number of fused-ring (bicyclic) bond motifs is 2. The number of amides is 1. The summed E-state index contributed by atoms with van der Waals surface area (Å²) in [5.74, 6) is -0.0266. The lowest BCUT2D eigenvalue weighted by molar-refractivity contribution is -0.128. The molecule has 0 saturated heterocycles. The Morgan fingerprint density at radius 2 is 1.72 bits per heavy atom. The van der Waals surface area contributed by atoms with Gasteiger partial charge in [0.05, 0.1) is 29.0 Å². The first-order valence-electron chi connectivity index (χ1n) is 9.70. The molecule has 0 aliphatic carbocycles. The monoisotopic (exact) mass is 380 g/mol. The Balaban J connectivity index is 1.45. The SMILES string of the molecule is O=C(/C=C/c1cnc2ccccc2n1)N1CCn2cccc2C1c1ccccc1. The second kappa shape index (κ2) is 7.36. The van der Waals surface area contributed by atoms with Gasteiger partial charge in [0.25, 0.3) is 0 Å². The quantitative estimate of drug-likeness (QED) is 0.503. The highest BCUT2D eigenvalue weighted by Gasteiger charge is 2.30. The third kappa shape index (κ3) is 3.31. The molecule has 142 valence electrons. The molecule has 1 amide bonds. The van der Waals surface area contributed by atoms with Crippen LogP contribution in [0.25, 0.3) is 17.1 Å². The zero-order chi connectivity index (χ0) is 19.6. The number of hydrogen-bond acceptors (Lipinski definition) is 3. The highest BCUT2D eigenvalue weighted by molar-refractivity contribution is 5.92. The van der Waals surface area contributed by atoms with Crippen molar-refractivity contribution in [2.75, 3.05) is 6.54 Å². The largest absolute Gasteiger partial charge is 0.348 e. The number of carbonyl (C=O) groups excluding carboxylic acids is 1. The molecule has 1 atom stereocenters. The maximum atomic E-state index is 13.1. The highest BCUT2D eigenvalue weighted by atomic mass is 16.2. The first kappa shape index (κ1) is 17.4. The fourth-order valence-corrected chi connectivity index (χ4v) is 3.91. The third-order valence-electron chi connectivity index (χ3n) is 5.30. The molecular formula is C24H20N4O. The van der Waals surface area contributed by atoms with Crippen LogP contribution >= 0.6 is 0 Å². The summed E-state index contributed by atoms with van der Waals surface area (Å²) in [6.45, 7) is 1.45. The molecule has 5 heteroatoms. The number of para-hydroxylation sites is 2. The van der Waals surface area contributed by atoms with Gasteiger partial charge < -0.3 is 9.47 Å². The molecule has 0 bridgehead atoms. The predicted molar refractivity (Wildman–Crippen MR) is 113 cm³/mol. The predicted octanol–water partition coefficient (Wildman–Crippen LogP) is 4.08. The second-order valence-corrected chi connectivity index (χ2v) is 7.09. The van der Waals surface area contributed by atoms with E-state index in [1.807, 2.05) is 53.4 Å². The molecule has 1 aliphatic heterocycles. The lowest BCUT2D eigenvalue weighted by atomic mass is 10.00. The van der Waals surface area contributed by atoms with E-state index in [1.54, 1.807) is 18.3 Å². The van der Waals surface area contributed by atoms with Crippen LogP contribution in [-0.2, 0) is 11.3 Å². The molecule has 5 nitrogen and oxygen atoms in total. The van der Waals surface area contributed by atoms with E-state index in [0.29, 0.717) is 12.2 Å². The summed E-state index contributed by atoms with van der Waals surface area (Å²) < 4.78 is 2.22. The standard InChI is InChI=1S/C24H20N4O/c29-23(13-12-19-17-25-20-9-4-5-10-21(20)26-19)28-16-15-27-14-6-11-22(27)24(28)18-7-2-1-3-8-18/h1-14,17,24H,15-16H2/b13-12+. The fourth-order valence-electron chi connectivity index (χ4n) is 3.91. The summed E-state index contributed by atoms with van der Waals surface area (Å²) in [4.78, 5) is 24.0. The highest BCUT2D eigenvalue weighted by Crippen LogP contribution is 2.32. The molecule has 4 aromatic rings. The fraction of sp³-hybridized carbons (Fsp3) is 0.125. The van der Waals surface area contributed by atoms with Crippen molar-refractivity contribution in [2.45, 2.75) is 12.6 Å². The van der Waals surface area contributed by atoms with Crippen molar-refractivity contribution in [3.05, 3.63) is 102 Å². The Bertz CT molecular complexity index is 1200. The summed E-state index contributed by atoms with van der Waals surface area (Å²) in [5, 5.41) is 0. The van der Waals surface area contributed by atoms with Crippen molar-refractivity contribution in [2.24, 2.45) is 0 Å². The van der Waals surface area contributed by atoms with E-state index in [2.05, 4.69) is 38.9 Å². The van der Waals surface area contributed by atoms with Gasteiger partial charge in [0, 0.05) is 31.1 Å². The summed E-state index contributed by atoms with van der Waals surface area (Å²) >= 11 is 0. The molecule has 3 heterocycles. The minimum absolute atomic E-state index is 0.0266. The Labute approximate surface area is 169 Å². The van der Waals surface area contributed by atoms with Gasteiger partial charge >= 0.3 is 0 Å². The molecular weight excluding hydrogens is 360 g/mol. The van der Waals surface area contributed by atoms with Crippen molar-refractivity contribution in [1.82, 2.24) is 19.4 Å². The van der Waals surface area contributed by atoms with Crippen LogP contribution in [0.5, 0.6) is 0 Å². The Hall–Kier alpha value is -3.73. The minimum Gasteiger partial charge on any atom is -0.348 e. The number of carbonyl (C=O) groups is 1. The van der Waals surface area contributed by atoms with E-state index >= 15 is 0 Å². The van der Waals surface area contributed by atoms with Crippen LogP contribution in [0, 0.1) is 0 Å². The lowest BCUT2D eigenvalue weighted by Gasteiger charge is -2.36. The number of benzene rings is 2. The van der Waals surface area contributed by atoms with Crippen LogP contribution in [0.15, 0.2) is 85.2 Å². The van der Waals surface area contributed by atoms with Gasteiger partial charge in [0.1, 0.15) is 0 Å². The van der Waals surface area contributed by atoms with Crippen molar-refractivity contribution in [1.29, 1.82) is 0 Å². The van der Waals surface area contributed by atoms with Crippen LogP contribution in [-0.4, -0.2) is 31.9 Å². The summed E-state index contributed by atoms with van der Waals surface area (Å²) in [7, 11) is 0. The summed E-state index contributed by atoms with van der Waals surface area (Å²) in [5.41, 5.74) is 4.58. The Morgan fingerprint density at radius 1 is 0.931 bits per heavy atom. The summed E-state index contributed by atoms with van der Waals surface area (Å²) in [6, 6.07) is 21.9. The molecule has 29 heavy (non-hydrogen) atoms. The van der Waals surface area contributed by atoms with E-state index < -0.39 is 0 Å². The molecule has 0 fully saturated rings. The zero-order valence-electron chi connectivity index (χ0n) is 15.8. The van der Waals surface area contributed by atoms with Crippen molar-refractivity contribution >= 4 is 23.0 Å². The molecule has 5 rings (SSSR count). The van der Waals surface area contributed by atoms with Gasteiger partial charge in [0.2, 0.25) is 5.91 Å². The first-order valence-corrected chi connectivity index (χ1v) is 9.70. The van der Waals surface area contributed by atoms with Crippen molar-refractivity contribution < 1.29 is 4.79 Å². The van der Waals surface area contributed by atoms with E-state index in [-0.39, 0.29) is 11.9 Å². The molecule has 1 aliphatic rings. The van der Waals surface area contributed by atoms with E-state index in [0.717, 1.165) is 28.8 Å². The lowest BCUT2D eigenvalue weighted by Crippen LogP contribution is -2.41. The third-order valence-corrected chi connectivity index (χ3v) is 5.30. The summed E-state index contributed by atoms with van der Waals surface area (Å²) in [6.07, 6.45) is 7.13. The number of aromatic nitrogens is 3. The molecule has 2 aromatic carbocycles. The smallest absolute Gasteiger partial charge is 0.247 e. The van der Waals surface area contributed by atoms with Gasteiger partial charge in [-0.3, -0.25) is 9.78 Å². The van der Waals surface area contributed by atoms with Crippen LogP contribution in [0.4, 0.5) is 0 Å². The Morgan fingerprint density at radius 3 is 2.59 bits per heavy atom. The first-order chi connectivity index (χ1) is 14.3. The molecule has 0 N–H and O–H groups in total. The molecule has 0 radical (unpaired) electrons. The van der Waals surface area contributed by atoms with Gasteiger partial charge in [-0.15, -0.1) is 0 Å².